The van der Waals surface area contributed by atoms with Gasteiger partial charge in [0.2, 0.25) is 5.89 Å². The predicted octanol–water partition coefficient (Wildman–Crippen LogP) is 2.13. The van der Waals surface area contributed by atoms with Gasteiger partial charge in [0.1, 0.15) is 12.1 Å². The van der Waals surface area contributed by atoms with Crippen LogP contribution in [0.15, 0.2) is 10.9 Å². The Bertz CT molecular complexity index is 743. The van der Waals surface area contributed by atoms with Gasteiger partial charge in [0.25, 0.3) is 0 Å². The van der Waals surface area contributed by atoms with E-state index in [-0.39, 0.29) is 5.92 Å². The molecule has 0 spiro atoms. The molecule has 1 saturated heterocycles. The van der Waals surface area contributed by atoms with Gasteiger partial charge in [-0.3, -0.25) is 0 Å². The van der Waals surface area contributed by atoms with Crippen molar-refractivity contribution >= 4 is 5.82 Å². The second-order valence-corrected chi connectivity index (χ2v) is 7.80. The van der Waals surface area contributed by atoms with Gasteiger partial charge >= 0.3 is 0 Å². The third-order valence-corrected chi connectivity index (χ3v) is 5.25. The number of hydrogen-bond acceptors (Lipinski definition) is 7. The summed E-state index contributed by atoms with van der Waals surface area (Å²) in [6.45, 7) is 8.25. The number of anilines is 1. The normalized spacial score (nSPS) is 20.9. The van der Waals surface area contributed by atoms with Crippen LogP contribution in [-0.4, -0.2) is 46.3 Å². The molecule has 1 N–H and O–H groups in total. The number of rotatable bonds is 4. The van der Waals surface area contributed by atoms with E-state index < -0.39 is 0 Å². The van der Waals surface area contributed by atoms with Gasteiger partial charge in [-0.2, -0.15) is 4.98 Å². The fourth-order valence-electron chi connectivity index (χ4n) is 3.98. The number of hydrogen-bond donors (Lipinski definition) is 1. The first-order valence-corrected chi connectivity index (χ1v) is 9.81. The molecule has 1 fully saturated rings. The van der Waals surface area contributed by atoms with Gasteiger partial charge in [-0.15, -0.1) is 0 Å². The first kappa shape index (κ1) is 17.4. The Morgan fingerprint density at radius 3 is 3.04 bits per heavy atom. The summed E-state index contributed by atoms with van der Waals surface area (Å²) in [6.07, 6.45) is 6.76. The Kier molecular flexibility index (Phi) is 5.15. The van der Waals surface area contributed by atoms with Crippen LogP contribution < -0.4 is 10.2 Å². The molecule has 0 amide bonds. The van der Waals surface area contributed by atoms with Crippen LogP contribution in [0.2, 0.25) is 0 Å². The Morgan fingerprint density at radius 2 is 2.15 bits per heavy atom. The number of piperidine rings is 1. The third kappa shape index (κ3) is 3.72. The molecule has 2 aliphatic heterocycles. The summed E-state index contributed by atoms with van der Waals surface area (Å²) in [5.74, 6) is 3.53. The van der Waals surface area contributed by atoms with Crippen LogP contribution in [0, 0.1) is 5.92 Å². The maximum Gasteiger partial charge on any atom is 0.231 e. The van der Waals surface area contributed by atoms with Crippen molar-refractivity contribution < 1.29 is 4.52 Å². The summed E-state index contributed by atoms with van der Waals surface area (Å²) in [5, 5.41) is 7.63. The van der Waals surface area contributed by atoms with E-state index in [0.29, 0.717) is 5.92 Å². The topological polar surface area (TPSA) is 80.0 Å². The Hall–Kier alpha value is -2.02. The smallest absolute Gasteiger partial charge is 0.231 e. The van der Waals surface area contributed by atoms with E-state index in [1.807, 2.05) is 0 Å². The zero-order chi connectivity index (χ0) is 17.9. The van der Waals surface area contributed by atoms with Crippen LogP contribution in [0.3, 0.4) is 0 Å². The van der Waals surface area contributed by atoms with Crippen molar-refractivity contribution in [2.45, 2.75) is 51.9 Å². The molecule has 0 unspecified atom stereocenters. The van der Waals surface area contributed by atoms with Crippen LogP contribution in [0.1, 0.15) is 55.6 Å². The average molecular weight is 356 g/mol. The number of fused-ring (bicyclic) bond motifs is 1. The minimum absolute atomic E-state index is 0.284. The molecule has 4 heterocycles. The molecule has 0 aromatic carbocycles. The molecule has 0 radical (unpaired) electrons. The van der Waals surface area contributed by atoms with E-state index in [1.165, 1.54) is 11.3 Å². The fourth-order valence-corrected chi connectivity index (χ4v) is 3.98. The van der Waals surface area contributed by atoms with E-state index in [4.69, 9.17) is 4.52 Å². The lowest BCUT2D eigenvalue weighted by Gasteiger charge is -2.33. The SMILES string of the molecule is CC(C)Cc1noc([C@@H]2CCCN(c3ncnc4c3CCNCC4)C2)n1. The summed E-state index contributed by atoms with van der Waals surface area (Å²) in [4.78, 5) is 16.2. The highest BCUT2D eigenvalue weighted by molar-refractivity contribution is 5.50. The summed E-state index contributed by atoms with van der Waals surface area (Å²) in [5.41, 5.74) is 2.50. The molecule has 4 rings (SSSR count). The molecule has 0 bridgehead atoms. The standard InChI is InChI=1S/C19H28N6O/c1-13(2)10-17-23-19(26-24-17)14-4-3-9-25(11-14)18-15-5-7-20-8-6-16(15)21-12-22-18/h12-14,20H,3-11H2,1-2H3/t14-/m1/s1. The quantitative estimate of drug-likeness (QED) is 0.899. The second kappa shape index (κ2) is 7.70. The van der Waals surface area contributed by atoms with Gasteiger partial charge in [-0.05, 0) is 31.7 Å². The molecular formula is C19H28N6O. The fraction of sp³-hybridized carbons (Fsp3) is 0.684. The van der Waals surface area contributed by atoms with Crippen molar-refractivity contribution in [1.29, 1.82) is 0 Å². The van der Waals surface area contributed by atoms with Crippen molar-refractivity contribution in [2.24, 2.45) is 5.92 Å². The molecule has 7 heteroatoms. The first-order chi connectivity index (χ1) is 12.7. The van der Waals surface area contributed by atoms with Crippen LogP contribution in [0.4, 0.5) is 5.82 Å². The molecule has 2 aliphatic rings. The first-order valence-electron chi connectivity index (χ1n) is 9.81. The van der Waals surface area contributed by atoms with Crippen molar-refractivity contribution in [2.75, 3.05) is 31.1 Å². The van der Waals surface area contributed by atoms with Gasteiger partial charge < -0.3 is 14.7 Å². The Morgan fingerprint density at radius 1 is 1.27 bits per heavy atom. The summed E-state index contributed by atoms with van der Waals surface area (Å²) in [6, 6.07) is 0. The lowest BCUT2D eigenvalue weighted by Crippen LogP contribution is -2.36. The molecular weight excluding hydrogens is 328 g/mol. The lowest BCUT2D eigenvalue weighted by atomic mass is 9.97. The number of nitrogens with zero attached hydrogens (tertiary/aromatic N) is 5. The highest BCUT2D eigenvalue weighted by Crippen LogP contribution is 2.31. The second-order valence-electron chi connectivity index (χ2n) is 7.80. The van der Waals surface area contributed by atoms with E-state index in [0.717, 1.165) is 75.8 Å². The average Bonchev–Trinajstić information content (AvgIpc) is 2.96. The highest BCUT2D eigenvalue weighted by Gasteiger charge is 2.29. The number of nitrogens with one attached hydrogen (secondary N) is 1. The van der Waals surface area contributed by atoms with Gasteiger partial charge in [0.05, 0.1) is 11.6 Å². The van der Waals surface area contributed by atoms with Crippen molar-refractivity contribution in [1.82, 2.24) is 25.4 Å². The van der Waals surface area contributed by atoms with E-state index in [1.54, 1.807) is 6.33 Å². The van der Waals surface area contributed by atoms with Crippen molar-refractivity contribution in [3.63, 3.8) is 0 Å². The molecule has 0 aliphatic carbocycles. The summed E-state index contributed by atoms with van der Waals surface area (Å²) in [7, 11) is 0. The van der Waals surface area contributed by atoms with E-state index >= 15 is 0 Å². The molecule has 140 valence electrons. The van der Waals surface area contributed by atoms with Gasteiger partial charge in [-0.25, -0.2) is 9.97 Å². The molecule has 7 nitrogen and oxygen atoms in total. The Balaban J connectivity index is 1.53. The van der Waals surface area contributed by atoms with Gasteiger partial charge in [-0.1, -0.05) is 19.0 Å². The van der Waals surface area contributed by atoms with E-state index in [9.17, 15) is 0 Å². The van der Waals surface area contributed by atoms with E-state index in [2.05, 4.69) is 44.2 Å². The summed E-state index contributed by atoms with van der Waals surface area (Å²) < 4.78 is 5.59. The van der Waals surface area contributed by atoms with Crippen LogP contribution in [0.25, 0.3) is 0 Å². The minimum atomic E-state index is 0.284. The summed E-state index contributed by atoms with van der Waals surface area (Å²) >= 11 is 0. The largest absolute Gasteiger partial charge is 0.355 e. The van der Waals surface area contributed by atoms with Crippen LogP contribution in [0.5, 0.6) is 0 Å². The zero-order valence-corrected chi connectivity index (χ0v) is 15.7. The maximum absolute atomic E-state index is 5.59. The predicted molar refractivity (Wildman–Crippen MR) is 99.3 cm³/mol. The van der Waals surface area contributed by atoms with Crippen LogP contribution >= 0.6 is 0 Å². The third-order valence-electron chi connectivity index (χ3n) is 5.25. The monoisotopic (exact) mass is 356 g/mol. The van der Waals surface area contributed by atoms with Gasteiger partial charge in [0, 0.05) is 38.0 Å². The molecule has 1 atom stereocenters. The van der Waals surface area contributed by atoms with Crippen LogP contribution in [-0.2, 0) is 19.3 Å². The van der Waals surface area contributed by atoms with Crippen molar-refractivity contribution in [3.8, 4) is 0 Å². The molecule has 26 heavy (non-hydrogen) atoms. The molecule has 0 saturated carbocycles. The molecule has 2 aromatic heterocycles. The zero-order valence-electron chi connectivity index (χ0n) is 15.7. The Labute approximate surface area is 154 Å². The maximum atomic E-state index is 5.59. The molecule has 2 aromatic rings. The van der Waals surface area contributed by atoms with Crippen molar-refractivity contribution in [3.05, 3.63) is 29.3 Å². The number of aromatic nitrogens is 4. The minimum Gasteiger partial charge on any atom is -0.355 e. The lowest BCUT2D eigenvalue weighted by molar-refractivity contribution is 0.329. The highest BCUT2D eigenvalue weighted by atomic mass is 16.5. The van der Waals surface area contributed by atoms with Gasteiger partial charge in [0.15, 0.2) is 5.82 Å².